The zero-order valence-corrected chi connectivity index (χ0v) is 10.0. The Kier molecular flexibility index (Phi) is 4.47. The van der Waals surface area contributed by atoms with E-state index in [1.807, 2.05) is 0 Å². The van der Waals surface area contributed by atoms with E-state index in [0.29, 0.717) is 6.08 Å². The lowest BCUT2D eigenvalue weighted by Gasteiger charge is -2.26. The Labute approximate surface area is 107 Å². The van der Waals surface area contributed by atoms with Crippen LogP contribution in [0.15, 0.2) is 30.3 Å². The number of ketones is 1. The summed E-state index contributed by atoms with van der Waals surface area (Å²) in [5.74, 6) is -1.31. The van der Waals surface area contributed by atoms with Crippen molar-refractivity contribution in [3.63, 3.8) is 0 Å². The average Bonchev–Trinajstić information content (AvgIpc) is 2.26. The Morgan fingerprint density at radius 1 is 1.26 bits per heavy atom. The molecule has 0 fully saturated rings. The molecule has 1 atom stereocenters. The van der Waals surface area contributed by atoms with Gasteiger partial charge in [0.15, 0.2) is 5.60 Å². The largest absolute Gasteiger partial charge is 0.421 e. The molecule has 0 aromatic heterocycles. The van der Waals surface area contributed by atoms with Gasteiger partial charge in [-0.25, -0.2) is 4.39 Å². The van der Waals surface area contributed by atoms with Crippen LogP contribution < -0.4 is 0 Å². The summed E-state index contributed by atoms with van der Waals surface area (Å²) >= 11 is 0. The van der Waals surface area contributed by atoms with Crippen LogP contribution in [-0.4, -0.2) is 22.7 Å². The van der Waals surface area contributed by atoms with Gasteiger partial charge in [0.25, 0.3) is 0 Å². The number of alkyl halides is 3. The molecule has 1 rings (SSSR count). The van der Waals surface area contributed by atoms with Crippen LogP contribution in [0.25, 0.3) is 6.08 Å². The fraction of sp³-hybridized carbons (Fsp3) is 0.308. The molecule has 0 heterocycles. The zero-order chi connectivity index (χ0) is 14.7. The Hall–Kier alpha value is -1.69. The summed E-state index contributed by atoms with van der Waals surface area (Å²) in [6.45, 7) is 0.961. The number of hydrogen-bond donors (Lipinski definition) is 1. The minimum Gasteiger partial charge on any atom is -0.376 e. The zero-order valence-electron chi connectivity index (χ0n) is 10.0. The van der Waals surface area contributed by atoms with Crippen molar-refractivity contribution in [3.05, 3.63) is 41.7 Å². The smallest absolute Gasteiger partial charge is 0.376 e. The maximum absolute atomic E-state index is 12.7. The molecule has 0 radical (unpaired) electrons. The maximum Gasteiger partial charge on any atom is 0.421 e. The molecule has 0 saturated carbocycles. The average molecular weight is 276 g/mol. The van der Waals surface area contributed by atoms with E-state index in [9.17, 15) is 27.5 Å². The van der Waals surface area contributed by atoms with Gasteiger partial charge in [-0.05, 0) is 30.7 Å². The fourth-order valence-electron chi connectivity index (χ4n) is 1.44. The molecule has 0 bridgehead atoms. The molecule has 104 valence electrons. The van der Waals surface area contributed by atoms with Gasteiger partial charge >= 0.3 is 6.18 Å². The number of rotatable bonds is 4. The molecule has 6 heteroatoms. The first-order valence-electron chi connectivity index (χ1n) is 5.37. The molecule has 1 aromatic carbocycles. The molecule has 1 aromatic rings. The SMILES string of the molecule is CC(=O)C[C@](O)(/C=C/c1ccc(F)cc1)C(F)(F)F. The van der Waals surface area contributed by atoms with Gasteiger partial charge in [-0.1, -0.05) is 18.2 Å². The van der Waals surface area contributed by atoms with E-state index in [1.54, 1.807) is 0 Å². The Bertz CT molecular complexity index is 476. The maximum atomic E-state index is 12.7. The normalized spacial score (nSPS) is 15.5. The van der Waals surface area contributed by atoms with Crippen LogP contribution in [0.5, 0.6) is 0 Å². The molecule has 0 saturated heterocycles. The molecular formula is C13H12F4O2. The second kappa shape index (κ2) is 5.52. The summed E-state index contributed by atoms with van der Waals surface area (Å²) < 4.78 is 50.8. The number of Topliss-reactive ketones (excluding diaryl/α,β-unsaturated/α-hetero) is 1. The van der Waals surface area contributed by atoms with Crippen molar-refractivity contribution in [3.8, 4) is 0 Å². The van der Waals surface area contributed by atoms with Gasteiger partial charge in [-0.15, -0.1) is 0 Å². The molecular weight excluding hydrogens is 264 g/mol. The number of carbonyl (C=O) groups excluding carboxylic acids is 1. The Morgan fingerprint density at radius 3 is 2.21 bits per heavy atom. The number of carbonyl (C=O) groups is 1. The fourth-order valence-corrected chi connectivity index (χ4v) is 1.44. The Balaban J connectivity index is 3.01. The first-order chi connectivity index (χ1) is 8.64. The van der Waals surface area contributed by atoms with Gasteiger partial charge in [0.05, 0.1) is 0 Å². The van der Waals surface area contributed by atoms with Crippen molar-refractivity contribution in [1.82, 2.24) is 0 Å². The summed E-state index contributed by atoms with van der Waals surface area (Å²) in [7, 11) is 0. The minimum absolute atomic E-state index is 0.285. The van der Waals surface area contributed by atoms with Gasteiger partial charge in [0.2, 0.25) is 0 Å². The number of hydrogen-bond acceptors (Lipinski definition) is 2. The van der Waals surface area contributed by atoms with Crippen molar-refractivity contribution < 1.29 is 27.5 Å². The summed E-state index contributed by atoms with van der Waals surface area (Å²) in [5.41, 5.74) is -2.93. The number of aliphatic hydroxyl groups is 1. The third kappa shape index (κ3) is 4.17. The third-order valence-electron chi connectivity index (χ3n) is 2.43. The van der Waals surface area contributed by atoms with E-state index in [1.165, 1.54) is 12.1 Å². The van der Waals surface area contributed by atoms with Crippen LogP contribution in [0.2, 0.25) is 0 Å². The molecule has 0 aliphatic heterocycles. The highest BCUT2D eigenvalue weighted by Gasteiger charge is 2.52. The lowest BCUT2D eigenvalue weighted by molar-refractivity contribution is -0.240. The van der Waals surface area contributed by atoms with Crippen LogP contribution in [0.4, 0.5) is 17.6 Å². The van der Waals surface area contributed by atoms with E-state index in [0.717, 1.165) is 25.1 Å². The van der Waals surface area contributed by atoms with Crippen LogP contribution in [0, 0.1) is 5.82 Å². The highest BCUT2D eigenvalue weighted by Crippen LogP contribution is 2.35. The molecule has 0 aliphatic rings. The highest BCUT2D eigenvalue weighted by atomic mass is 19.4. The molecule has 0 spiro atoms. The standard InChI is InChI=1S/C13H12F4O2/c1-9(18)8-12(19,13(15,16)17)7-6-10-2-4-11(14)5-3-10/h2-7,19H,8H2,1H3/b7-6+/t12-/m1/s1. The molecule has 19 heavy (non-hydrogen) atoms. The molecule has 0 aliphatic carbocycles. The van der Waals surface area contributed by atoms with Crippen molar-refractivity contribution in [2.75, 3.05) is 0 Å². The predicted molar refractivity (Wildman–Crippen MR) is 61.7 cm³/mol. The van der Waals surface area contributed by atoms with Crippen molar-refractivity contribution in [1.29, 1.82) is 0 Å². The quantitative estimate of drug-likeness (QED) is 0.858. The number of halogens is 4. The third-order valence-corrected chi connectivity index (χ3v) is 2.43. The second-order valence-corrected chi connectivity index (χ2v) is 4.19. The van der Waals surface area contributed by atoms with Gasteiger partial charge in [0, 0.05) is 6.42 Å². The van der Waals surface area contributed by atoms with Gasteiger partial charge in [-0.3, -0.25) is 4.79 Å². The summed E-state index contributed by atoms with van der Waals surface area (Å²) in [6.07, 6.45) is -4.53. The minimum atomic E-state index is -4.96. The van der Waals surface area contributed by atoms with Crippen LogP contribution in [0.3, 0.4) is 0 Å². The first-order valence-corrected chi connectivity index (χ1v) is 5.37. The van der Waals surface area contributed by atoms with E-state index in [-0.39, 0.29) is 5.56 Å². The summed E-state index contributed by atoms with van der Waals surface area (Å²) in [6, 6.07) is 4.68. The predicted octanol–water partition coefficient (Wildman–Crippen LogP) is 3.11. The number of benzene rings is 1. The Morgan fingerprint density at radius 2 is 1.79 bits per heavy atom. The first kappa shape index (κ1) is 15.4. The van der Waals surface area contributed by atoms with Gasteiger partial charge in [-0.2, -0.15) is 13.2 Å². The summed E-state index contributed by atoms with van der Waals surface area (Å²) in [5, 5.41) is 9.53. The lowest BCUT2D eigenvalue weighted by Crippen LogP contribution is -2.44. The molecule has 2 nitrogen and oxygen atoms in total. The monoisotopic (exact) mass is 276 g/mol. The van der Waals surface area contributed by atoms with Crippen LogP contribution in [-0.2, 0) is 4.79 Å². The van der Waals surface area contributed by atoms with Crippen molar-refractivity contribution in [2.24, 2.45) is 0 Å². The topological polar surface area (TPSA) is 37.3 Å². The lowest BCUT2D eigenvalue weighted by atomic mass is 9.95. The highest BCUT2D eigenvalue weighted by molar-refractivity contribution is 5.77. The van der Waals surface area contributed by atoms with Crippen LogP contribution in [0.1, 0.15) is 18.9 Å². The summed E-state index contributed by atoms with van der Waals surface area (Å²) in [4.78, 5) is 10.8. The molecule has 0 amide bonds. The molecule has 1 N–H and O–H groups in total. The van der Waals surface area contributed by atoms with Gasteiger partial charge < -0.3 is 5.11 Å². The van der Waals surface area contributed by atoms with Crippen molar-refractivity contribution in [2.45, 2.75) is 25.1 Å². The molecule has 0 unspecified atom stereocenters. The van der Waals surface area contributed by atoms with E-state index in [2.05, 4.69) is 0 Å². The van der Waals surface area contributed by atoms with Crippen LogP contribution >= 0.6 is 0 Å². The van der Waals surface area contributed by atoms with E-state index >= 15 is 0 Å². The van der Waals surface area contributed by atoms with Gasteiger partial charge in [0.1, 0.15) is 11.6 Å². The van der Waals surface area contributed by atoms with E-state index < -0.39 is 29.8 Å². The second-order valence-electron chi connectivity index (χ2n) is 4.19. The van der Waals surface area contributed by atoms with Crippen molar-refractivity contribution >= 4 is 11.9 Å². The van der Waals surface area contributed by atoms with E-state index in [4.69, 9.17) is 0 Å².